The smallest absolute Gasteiger partial charge is 0.407 e. The molecule has 0 saturated heterocycles. The van der Waals surface area contributed by atoms with Crippen molar-refractivity contribution in [2.75, 3.05) is 6.61 Å². The van der Waals surface area contributed by atoms with Crippen LogP contribution in [0.3, 0.4) is 0 Å². The highest BCUT2D eigenvalue weighted by Gasteiger charge is 2.29. The first kappa shape index (κ1) is 16.5. The van der Waals surface area contributed by atoms with Crippen LogP contribution in [0.5, 0.6) is 0 Å². The van der Waals surface area contributed by atoms with Crippen LogP contribution in [-0.4, -0.2) is 23.3 Å². The molecule has 0 heterocycles. The first-order chi connectivity index (χ1) is 9.65. The van der Waals surface area contributed by atoms with Gasteiger partial charge in [0.25, 0.3) is 0 Å². The quantitative estimate of drug-likeness (QED) is 0.768. The molecule has 1 aromatic carbocycles. The molecular weight excluding hydrogens is 254 g/mol. The number of hydrogen-bond donors (Lipinski definition) is 2. The number of ether oxygens (including phenoxy) is 1. The van der Waals surface area contributed by atoms with Crippen LogP contribution in [0.15, 0.2) is 30.3 Å². The van der Waals surface area contributed by atoms with Gasteiger partial charge in [0.15, 0.2) is 0 Å². The minimum absolute atomic E-state index is 0.0655. The van der Waals surface area contributed by atoms with Crippen molar-refractivity contribution in [1.29, 1.82) is 0 Å². The third-order valence-electron chi connectivity index (χ3n) is 3.57. The highest BCUT2D eigenvalue weighted by Crippen LogP contribution is 2.18. The number of aliphatic hydroxyl groups excluding tert-OH is 1. The molecule has 0 fully saturated rings. The van der Waals surface area contributed by atoms with Gasteiger partial charge in [-0.2, -0.15) is 0 Å². The van der Waals surface area contributed by atoms with Crippen molar-refractivity contribution in [2.45, 2.75) is 51.7 Å². The molecule has 112 valence electrons. The topological polar surface area (TPSA) is 58.6 Å². The summed E-state index contributed by atoms with van der Waals surface area (Å²) < 4.78 is 5.21. The predicted octanol–water partition coefficient (Wildman–Crippen LogP) is 3.24. The second kappa shape index (κ2) is 8.59. The molecule has 0 aliphatic carbocycles. The van der Waals surface area contributed by atoms with E-state index in [4.69, 9.17) is 4.74 Å². The van der Waals surface area contributed by atoms with Gasteiger partial charge in [-0.05, 0) is 18.4 Å². The molecule has 0 bridgehead atoms. The van der Waals surface area contributed by atoms with Crippen molar-refractivity contribution >= 4 is 6.09 Å². The fraction of sp³-hybridized carbons (Fsp3) is 0.562. The number of carbonyl (C=O) groups is 1. The molecule has 0 radical (unpaired) electrons. The average Bonchev–Trinajstić information content (AvgIpc) is 2.50. The lowest BCUT2D eigenvalue weighted by atomic mass is 9.91. The monoisotopic (exact) mass is 279 g/mol. The maximum absolute atomic E-state index is 11.9. The van der Waals surface area contributed by atoms with Crippen molar-refractivity contribution in [2.24, 2.45) is 0 Å². The van der Waals surface area contributed by atoms with Gasteiger partial charge < -0.3 is 15.2 Å². The molecule has 1 amide bonds. The molecule has 0 aromatic heterocycles. The maximum Gasteiger partial charge on any atom is 0.407 e. The molecule has 20 heavy (non-hydrogen) atoms. The van der Waals surface area contributed by atoms with Crippen LogP contribution in [0.2, 0.25) is 0 Å². The number of nitrogens with one attached hydrogen (secondary N) is 1. The van der Waals surface area contributed by atoms with Crippen molar-refractivity contribution < 1.29 is 14.6 Å². The van der Waals surface area contributed by atoms with E-state index >= 15 is 0 Å². The summed E-state index contributed by atoms with van der Waals surface area (Å²) in [5.41, 5.74) is 0.381. The van der Waals surface area contributed by atoms with Crippen LogP contribution in [0, 0.1) is 0 Å². The van der Waals surface area contributed by atoms with Crippen LogP contribution >= 0.6 is 0 Å². The highest BCUT2D eigenvalue weighted by atomic mass is 16.5. The van der Waals surface area contributed by atoms with Gasteiger partial charge in [-0.1, -0.05) is 57.0 Å². The van der Waals surface area contributed by atoms with Gasteiger partial charge in [-0.15, -0.1) is 0 Å². The highest BCUT2D eigenvalue weighted by molar-refractivity contribution is 5.68. The zero-order valence-corrected chi connectivity index (χ0v) is 12.4. The molecule has 0 saturated carbocycles. The maximum atomic E-state index is 11.9. The van der Waals surface area contributed by atoms with Crippen LogP contribution in [-0.2, 0) is 11.3 Å². The normalized spacial score (nSPS) is 13.6. The Morgan fingerprint density at radius 2 is 2.00 bits per heavy atom. The summed E-state index contributed by atoms with van der Waals surface area (Å²) in [5.74, 6) is 0. The van der Waals surface area contributed by atoms with Gasteiger partial charge in [0, 0.05) is 0 Å². The lowest BCUT2D eigenvalue weighted by Gasteiger charge is -2.31. The van der Waals surface area contributed by atoms with E-state index in [2.05, 4.69) is 12.2 Å². The number of alkyl carbamates (subject to hydrolysis) is 1. The van der Waals surface area contributed by atoms with E-state index in [1.54, 1.807) is 0 Å². The number of aliphatic hydroxyl groups is 1. The Hall–Kier alpha value is -1.55. The molecule has 0 unspecified atom stereocenters. The summed E-state index contributed by atoms with van der Waals surface area (Å²) in [6.45, 7) is 4.23. The predicted molar refractivity (Wildman–Crippen MR) is 79.4 cm³/mol. The third kappa shape index (κ3) is 5.21. The van der Waals surface area contributed by atoms with E-state index in [1.165, 1.54) is 0 Å². The number of rotatable bonds is 8. The summed E-state index contributed by atoms with van der Waals surface area (Å²) in [6, 6.07) is 9.54. The standard InChI is InChI=1S/C16H25NO3/c1-3-5-11-16(4-2,13-18)17-15(19)20-12-14-9-7-6-8-10-14/h6-10,18H,3-5,11-13H2,1-2H3,(H,17,19)/t16-/m0/s1. The zero-order chi connectivity index (χ0) is 14.8. The fourth-order valence-electron chi connectivity index (χ4n) is 2.05. The van der Waals surface area contributed by atoms with Crippen molar-refractivity contribution in [3.8, 4) is 0 Å². The third-order valence-corrected chi connectivity index (χ3v) is 3.57. The lowest BCUT2D eigenvalue weighted by molar-refractivity contribution is 0.0995. The first-order valence-corrected chi connectivity index (χ1v) is 7.25. The Morgan fingerprint density at radius 3 is 2.55 bits per heavy atom. The minimum Gasteiger partial charge on any atom is -0.445 e. The number of unbranched alkanes of at least 4 members (excludes halogenated alkanes) is 1. The molecule has 0 spiro atoms. The van der Waals surface area contributed by atoms with E-state index in [1.807, 2.05) is 37.3 Å². The Kier molecular flexibility index (Phi) is 7.09. The van der Waals surface area contributed by atoms with Crippen LogP contribution in [0.1, 0.15) is 45.1 Å². The average molecular weight is 279 g/mol. The Morgan fingerprint density at radius 1 is 1.30 bits per heavy atom. The van der Waals surface area contributed by atoms with E-state index < -0.39 is 11.6 Å². The SMILES string of the molecule is CCCC[C@@](CC)(CO)NC(=O)OCc1ccccc1. The second-order valence-electron chi connectivity index (χ2n) is 5.08. The summed E-state index contributed by atoms with van der Waals surface area (Å²) in [6.07, 6.45) is 2.97. The van der Waals surface area contributed by atoms with E-state index in [9.17, 15) is 9.90 Å². The van der Waals surface area contributed by atoms with E-state index in [0.29, 0.717) is 6.42 Å². The number of benzene rings is 1. The van der Waals surface area contributed by atoms with E-state index in [-0.39, 0.29) is 13.2 Å². The van der Waals surface area contributed by atoms with Crippen LogP contribution < -0.4 is 5.32 Å². The Labute approximate surface area is 121 Å². The molecule has 2 N–H and O–H groups in total. The molecular formula is C16H25NO3. The minimum atomic E-state index is -0.566. The summed E-state index contributed by atoms with van der Waals surface area (Å²) in [5, 5.41) is 12.4. The Balaban J connectivity index is 2.49. The Bertz CT molecular complexity index is 388. The summed E-state index contributed by atoms with van der Waals surface area (Å²) >= 11 is 0. The molecule has 1 atom stereocenters. The van der Waals surface area contributed by atoms with Gasteiger partial charge in [-0.3, -0.25) is 0 Å². The van der Waals surface area contributed by atoms with Gasteiger partial charge >= 0.3 is 6.09 Å². The van der Waals surface area contributed by atoms with Gasteiger partial charge in [0.2, 0.25) is 0 Å². The molecule has 0 aliphatic heterocycles. The number of carbonyl (C=O) groups excluding carboxylic acids is 1. The van der Waals surface area contributed by atoms with Gasteiger partial charge in [0.1, 0.15) is 6.61 Å². The number of hydrogen-bond acceptors (Lipinski definition) is 3. The van der Waals surface area contributed by atoms with Crippen molar-refractivity contribution in [3.63, 3.8) is 0 Å². The summed E-state index contributed by atoms with van der Waals surface area (Å²) in [4.78, 5) is 11.9. The molecule has 0 aliphatic rings. The lowest BCUT2D eigenvalue weighted by Crippen LogP contribution is -2.51. The summed E-state index contributed by atoms with van der Waals surface area (Å²) in [7, 11) is 0. The second-order valence-corrected chi connectivity index (χ2v) is 5.08. The molecule has 1 aromatic rings. The first-order valence-electron chi connectivity index (χ1n) is 7.25. The van der Waals surface area contributed by atoms with E-state index in [0.717, 1.165) is 24.8 Å². The molecule has 1 rings (SSSR count). The van der Waals surface area contributed by atoms with Crippen molar-refractivity contribution in [3.05, 3.63) is 35.9 Å². The molecule has 4 heteroatoms. The zero-order valence-electron chi connectivity index (χ0n) is 12.4. The van der Waals surface area contributed by atoms with Crippen LogP contribution in [0.25, 0.3) is 0 Å². The van der Waals surface area contributed by atoms with Crippen molar-refractivity contribution in [1.82, 2.24) is 5.32 Å². The largest absolute Gasteiger partial charge is 0.445 e. The van der Waals surface area contributed by atoms with Gasteiger partial charge in [0.05, 0.1) is 12.1 Å². The number of amides is 1. The van der Waals surface area contributed by atoms with Crippen LogP contribution in [0.4, 0.5) is 4.79 Å². The fourth-order valence-corrected chi connectivity index (χ4v) is 2.05. The van der Waals surface area contributed by atoms with Gasteiger partial charge in [-0.25, -0.2) is 4.79 Å². The molecule has 4 nitrogen and oxygen atoms in total.